The molecule has 1 aromatic heterocycles. The van der Waals surface area contributed by atoms with E-state index in [2.05, 4.69) is 0 Å². The van der Waals surface area contributed by atoms with Crippen molar-refractivity contribution in [3.05, 3.63) is 47.2 Å². The number of benzene rings is 1. The van der Waals surface area contributed by atoms with Gasteiger partial charge in [-0.25, -0.2) is 0 Å². The van der Waals surface area contributed by atoms with Crippen molar-refractivity contribution >= 4 is 0 Å². The van der Waals surface area contributed by atoms with Gasteiger partial charge in [0.05, 0.1) is 6.61 Å². The Kier molecular flexibility index (Phi) is 2.52. The van der Waals surface area contributed by atoms with Gasteiger partial charge >= 0.3 is 0 Å². The monoisotopic (exact) mass is 228 g/mol. The first-order valence-corrected chi connectivity index (χ1v) is 6.09. The molecule has 1 N–H and O–H groups in total. The molecule has 2 heteroatoms. The maximum Gasteiger partial charge on any atom is 0.137 e. The SMILES string of the molecule is Cc1c(-c2ccccc2)oc(C2CC2)c1CO. The van der Waals surface area contributed by atoms with Crippen molar-refractivity contribution < 1.29 is 9.52 Å². The lowest BCUT2D eigenvalue weighted by Gasteiger charge is -1.98. The van der Waals surface area contributed by atoms with Crippen molar-refractivity contribution in [3.8, 4) is 11.3 Å². The van der Waals surface area contributed by atoms with Crippen molar-refractivity contribution in [2.75, 3.05) is 0 Å². The molecule has 3 rings (SSSR count). The van der Waals surface area contributed by atoms with E-state index in [9.17, 15) is 5.11 Å². The molecule has 2 nitrogen and oxygen atoms in total. The highest BCUT2D eigenvalue weighted by Crippen LogP contribution is 2.45. The van der Waals surface area contributed by atoms with Crippen LogP contribution in [0.15, 0.2) is 34.7 Å². The zero-order valence-corrected chi connectivity index (χ0v) is 9.94. The van der Waals surface area contributed by atoms with E-state index in [-0.39, 0.29) is 6.61 Å². The van der Waals surface area contributed by atoms with Gasteiger partial charge in [0.1, 0.15) is 11.5 Å². The second kappa shape index (κ2) is 4.04. The van der Waals surface area contributed by atoms with E-state index in [1.54, 1.807) is 0 Å². The molecule has 88 valence electrons. The van der Waals surface area contributed by atoms with E-state index in [1.165, 1.54) is 12.8 Å². The Morgan fingerprint density at radius 3 is 2.53 bits per heavy atom. The maximum atomic E-state index is 9.48. The number of hydrogen-bond acceptors (Lipinski definition) is 2. The standard InChI is InChI=1S/C15H16O2/c1-10-13(9-16)15(12-7-8-12)17-14(10)11-5-3-2-4-6-11/h2-6,12,16H,7-9H2,1H3. The zero-order valence-electron chi connectivity index (χ0n) is 9.94. The van der Waals surface area contributed by atoms with Crippen LogP contribution >= 0.6 is 0 Å². The summed E-state index contributed by atoms with van der Waals surface area (Å²) in [7, 11) is 0. The van der Waals surface area contributed by atoms with Crippen LogP contribution < -0.4 is 0 Å². The maximum absolute atomic E-state index is 9.48. The van der Waals surface area contributed by atoms with Crippen molar-refractivity contribution in [1.82, 2.24) is 0 Å². The molecule has 0 radical (unpaired) electrons. The minimum absolute atomic E-state index is 0.0774. The van der Waals surface area contributed by atoms with Crippen LogP contribution in [-0.4, -0.2) is 5.11 Å². The summed E-state index contributed by atoms with van der Waals surface area (Å²) in [5.41, 5.74) is 3.17. The molecule has 0 saturated heterocycles. The highest BCUT2D eigenvalue weighted by Gasteiger charge is 2.31. The number of furan rings is 1. The van der Waals surface area contributed by atoms with Crippen molar-refractivity contribution in [2.45, 2.75) is 32.3 Å². The third kappa shape index (κ3) is 1.79. The van der Waals surface area contributed by atoms with Gasteiger partial charge in [-0.2, -0.15) is 0 Å². The lowest BCUT2D eigenvalue weighted by molar-refractivity contribution is 0.277. The average molecular weight is 228 g/mol. The summed E-state index contributed by atoms with van der Waals surface area (Å²) >= 11 is 0. The Morgan fingerprint density at radius 2 is 1.94 bits per heavy atom. The molecule has 1 aliphatic rings. The fourth-order valence-corrected chi connectivity index (χ4v) is 2.31. The molecule has 1 heterocycles. The van der Waals surface area contributed by atoms with Crippen LogP contribution in [0.1, 0.15) is 35.6 Å². The average Bonchev–Trinajstić information content (AvgIpc) is 3.15. The van der Waals surface area contributed by atoms with Gasteiger partial charge in [0.25, 0.3) is 0 Å². The van der Waals surface area contributed by atoms with Crippen LogP contribution in [0.25, 0.3) is 11.3 Å². The lowest BCUT2D eigenvalue weighted by Crippen LogP contribution is -1.88. The van der Waals surface area contributed by atoms with Gasteiger partial charge < -0.3 is 9.52 Å². The topological polar surface area (TPSA) is 33.4 Å². The van der Waals surface area contributed by atoms with E-state index in [1.807, 2.05) is 37.3 Å². The lowest BCUT2D eigenvalue weighted by atomic mass is 10.0. The van der Waals surface area contributed by atoms with E-state index in [0.717, 1.165) is 28.2 Å². The predicted molar refractivity (Wildman–Crippen MR) is 66.8 cm³/mol. The van der Waals surface area contributed by atoms with Crippen LogP contribution in [-0.2, 0) is 6.61 Å². The van der Waals surface area contributed by atoms with Crippen LogP contribution in [0.2, 0.25) is 0 Å². The van der Waals surface area contributed by atoms with Gasteiger partial charge in [0.15, 0.2) is 0 Å². The highest BCUT2D eigenvalue weighted by molar-refractivity contribution is 5.64. The first-order chi connectivity index (χ1) is 8.31. The molecule has 2 aromatic rings. The first kappa shape index (κ1) is 10.6. The summed E-state index contributed by atoms with van der Waals surface area (Å²) in [6.45, 7) is 2.11. The Hall–Kier alpha value is -1.54. The van der Waals surface area contributed by atoms with Crippen LogP contribution in [0.3, 0.4) is 0 Å². The summed E-state index contributed by atoms with van der Waals surface area (Å²) in [6.07, 6.45) is 2.38. The third-order valence-electron chi connectivity index (χ3n) is 3.44. The van der Waals surface area contributed by atoms with Gasteiger partial charge in [0, 0.05) is 22.6 Å². The first-order valence-electron chi connectivity index (χ1n) is 6.09. The molecule has 17 heavy (non-hydrogen) atoms. The Bertz CT molecular complexity index is 521. The van der Waals surface area contributed by atoms with Crippen LogP contribution in [0.4, 0.5) is 0 Å². The quantitative estimate of drug-likeness (QED) is 0.870. The van der Waals surface area contributed by atoms with E-state index >= 15 is 0 Å². The van der Waals surface area contributed by atoms with Crippen molar-refractivity contribution in [2.24, 2.45) is 0 Å². The molecule has 1 saturated carbocycles. The summed E-state index contributed by atoms with van der Waals surface area (Å²) in [5.74, 6) is 2.45. The van der Waals surface area contributed by atoms with Gasteiger partial charge in [0.2, 0.25) is 0 Å². The minimum Gasteiger partial charge on any atom is -0.460 e. The van der Waals surface area contributed by atoms with Crippen molar-refractivity contribution in [1.29, 1.82) is 0 Å². The van der Waals surface area contributed by atoms with Gasteiger partial charge in [-0.05, 0) is 19.8 Å². The predicted octanol–water partition coefficient (Wildman–Crippen LogP) is 3.62. The normalized spacial score (nSPS) is 15.2. The Balaban J connectivity index is 2.11. The largest absolute Gasteiger partial charge is 0.460 e. The smallest absolute Gasteiger partial charge is 0.137 e. The number of aliphatic hydroxyl groups is 1. The zero-order chi connectivity index (χ0) is 11.8. The molecular formula is C15H16O2. The summed E-state index contributed by atoms with van der Waals surface area (Å²) < 4.78 is 5.99. The van der Waals surface area contributed by atoms with Gasteiger partial charge in [-0.3, -0.25) is 0 Å². The van der Waals surface area contributed by atoms with Gasteiger partial charge in [-0.1, -0.05) is 30.3 Å². The highest BCUT2D eigenvalue weighted by atomic mass is 16.3. The molecule has 1 aromatic carbocycles. The molecule has 1 aliphatic carbocycles. The van der Waals surface area contributed by atoms with E-state index < -0.39 is 0 Å². The summed E-state index contributed by atoms with van der Waals surface area (Å²) in [6, 6.07) is 10.1. The molecule has 1 fully saturated rings. The summed E-state index contributed by atoms with van der Waals surface area (Å²) in [5, 5.41) is 9.48. The molecule has 0 aliphatic heterocycles. The van der Waals surface area contributed by atoms with E-state index in [0.29, 0.717) is 5.92 Å². The minimum atomic E-state index is 0.0774. The number of aliphatic hydroxyl groups excluding tert-OH is 1. The molecule has 0 spiro atoms. The Labute approximate surface area is 101 Å². The fraction of sp³-hybridized carbons (Fsp3) is 0.333. The molecular weight excluding hydrogens is 212 g/mol. The van der Waals surface area contributed by atoms with E-state index in [4.69, 9.17) is 4.42 Å². The molecule has 0 atom stereocenters. The number of rotatable bonds is 3. The molecule has 0 unspecified atom stereocenters. The van der Waals surface area contributed by atoms with Crippen LogP contribution in [0, 0.1) is 6.92 Å². The van der Waals surface area contributed by atoms with Crippen molar-refractivity contribution in [3.63, 3.8) is 0 Å². The fourth-order valence-electron chi connectivity index (χ4n) is 2.31. The van der Waals surface area contributed by atoms with Crippen LogP contribution in [0.5, 0.6) is 0 Å². The second-order valence-corrected chi connectivity index (χ2v) is 4.70. The van der Waals surface area contributed by atoms with Gasteiger partial charge in [-0.15, -0.1) is 0 Å². The second-order valence-electron chi connectivity index (χ2n) is 4.70. The number of hydrogen-bond donors (Lipinski definition) is 1. The molecule has 0 amide bonds. The molecule has 0 bridgehead atoms. The Morgan fingerprint density at radius 1 is 1.24 bits per heavy atom. The summed E-state index contributed by atoms with van der Waals surface area (Å²) in [4.78, 5) is 0. The third-order valence-corrected chi connectivity index (χ3v) is 3.44.